The van der Waals surface area contributed by atoms with Gasteiger partial charge < -0.3 is 5.73 Å². The Morgan fingerprint density at radius 2 is 1.74 bits per heavy atom. The van der Waals surface area contributed by atoms with E-state index >= 15 is 0 Å². The van der Waals surface area contributed by atoms with Crippen LogP contribution in [0.5, 0.6) is 0 Å². The van der Waals surface area contributed by atoms with Gasteiger partial charge in [-0.15, -0.1) is 0 Å². The van der Waals surface area contributed by atoms with E-state index in [1.54, 1.807) is 6.07 Å². The maximum Gasteiger partial charge on any atom is 0.242 e. The first-order valence-corrected chi connectivity index (χ1v) is 9.28. The minimum absolute atomic E-state index is 0.0357. The van der Waals surface area contributed by atoms with Crippen molar-refractivity contribution >= 4 is 41.7 Å². The van der Waals surface area contributed by atoms with E-state index in [1.165, 1.54) is 12.1 Å². The highest BCUT2D eigenvalue weighted by Crippen LogP contribution is 2.22. The largest absolute Gasteiger partial charge is 0.398 e. The van der Waals surface area contributed by atoms with Gasteiger partial charge in [0, 0.05) is 17.6 Å². The molecule has 0 fully saturated rings. The van der Waals surface area contributed by atoms with Crippen LogP contribution in [0.15, 0.2) is 27.6 Å². The Morgan fingerprint density at radius 3 is 2.32 bits per heavy atom. The van der Waals surface area contributed by atoms with E-state index in [9.17, 15) is 16.8 Å². The van der Waals surface area contributed by atoms with Crippen molar-refractivity contribution < 1.29 is 16.8 Å². The van der Waals surface area contributed by atoms with Gasteiger partial charge in [-0.1, -0.05) is 15.9 Å². The van der Waals surface area contributed by atoms with Crippen molar-refractivity contribution in [2.45, 2.75) is 4.90 Å². The van der Waals surface area contributed by atoms with E-state index in [1.807, 2.05) is 0 Å². The molecule has 0 aliphatic heterocycles. The Balaban J connectivity index is 2.74. The fraction of sp³-hybridized carbons (Fsp3) is 0.333. The van der Waals surface area contributed by atoms with Crippen LogP contribution in [0.2, 0.25) is 0 Å². The lowest BCUT2D eigenvalue weighted by atomic mass is 10.3. The Bertz CT molecular complexity index is 658. The van der Waals surface area contributed by atoms with Crippen LogP contribution in [-0.4, -0.2) is 36.2 Å². The molecule has 0 bridgehead atoms. The molecule has 108 valence electrons. The highest BCUT2D eigenvalue weighted by atomic mass is 79.9. The van der Waals surface area contributed by atoms with Gasteiger partial charge in [0.2, 0.25) is 20.0 Å². The zero-order valence-corrected chi connectivity index (χ0v) is 13.3. The third-order valence-corrected chi connectivity index (χ3v) is 4.78. The summed E-state index contributed by atoms with van der Waals surface area (Å²) < 4.78 is 50.5. The Kier molecular flexibility index (Phi) is 5.33. The number of rotatable bonds is 6. The maximum absolute atomic E-state index is 11.9. The second-order valence-corrected chi connectivity index (χ2v) is 8.23. The van der Waals surface area contributed by atoms with E-state index in [0.717, 1.165) is 6.26 Å². The summed E-state index contributed by atoms with van der Waals surface area (Å²) in [5.74, 6) is 0. The van der Waals surface area contributed by atoms with E-state index in [2.05, 4.69) is 25.4 Å². The molecule has 0 saturated heterocycles. The van der Waals surface area contributed by atoms with Crippen molar-refractivity contribution in [1.29, 1.82) is 0 Å². The summed E-state index contributed by atoms with van der Waals surface area (Å²) >= 11 is 3.16. The number of anilines is 1. The molecule has 0 aliphatic carbocycles. The average Bonchev–Trinajstić information content (AvgIpc) is 2.26. The summed E-state index contributed by atoms with van der Waals surface area (Å²) in [6.07, 6.45) is 0.994. The minimum atomic E-state index is -3.77. The van der Waals surface area contributed by atoms with Crippen molar-refractivity contribution in [2.75, 3.05) is 25.1 Å². The van der Waals surface area contributed by atoms with Crippen LogP contribution in [0.1, 0.15) is 0 Å². The molecule has 0 amide bonds. The quantitative estimate of drug-likeness (QED) is 0.474. The van der Waals surface area contributed by atoms with Crippen LogP contribution >= 0.6 is 15.9 Å². The highest BCUT2D eigenvalue weighted by molar-refractivity contribution is 9.10. The van der Waals surface area contributed by atoms with Crippen LogP contribution in [-0.2, 0) is 20.0 Å². The van der Waals surface area contributed by atoms with Gasteiger partial charge in [0.1, 0.15) is 4.90 Å². The average molecular weight is 372 g/mol. The molecule has 1 aromatic rings. The Morgan fingerprint density at radius 1 is 1.16 bits per heavy atom. The molecular formula is C9H14BrN3O4S2. The van der Waals surface area contributed by atoms with Crippen molar-refractivity contribution in [3.8, 4) is 0 Å². The Labute approximate surface area is 120 Å². The number of halogens is 1. The summed E-state index contributed by atoms with van der Waals surface area (Å²) in [6, 6.07) is 4.47. The minimum Gasteiger partial charge on any atom is -0.398 e. The lowest BCUT2D eigenvalue weighted by molar-refractivity contribution is 0.573. The summed E-state index contributed by atoms with van der Waals surface area (Å²) in [7, 11) is -7.11. The normalized spacial score (nSPS) is 12.5. The van der Waals surface area contributed by atoms with Gasteiger partial charge in [0.15, 0.2) is 0 Å². The second kappa shape index (κ2) is 6.18. The van der Waals surface area contributed by atoms with Crippen LogP contribution < -0.4 is 15.2 Å². The molecule has 10 heteroatoms. The molecule has 0 spiro atoms. The predicted octanol–water partition coefficient (Wildman–Crippen LogP) is -0.141. The van der Waals surface area contributed by atoms with Crippen LogP contribution in [0.3, 0.4) is 0 Å². The number of nitrogens with two attached hydrogens (primary N) is 1. The van der Waals surface area contributed by atoms with E-state index in [4.69, 9.17) is 5.73 Å². The van der Waals surface area contributed by atoms with Gasteiger partial charge in [0.25, 0.3) is 0 Å². The van der Waals surface area contributed by atoms with Crippen molar-refractivity contribution in [3.05, 3.63) is 22.7 Å². The third-order valence-electron chi connectivity index (χ3n) is 2.05. The molecule has 0 aliphatic rings. The summed E-state index contributed by atoms with van der Waals surface area (Å²) in [6.45, 7) is -0.104. The third kappa shape index (κ3) is 5.45. The molecular weight excluding hydrogens is 358 g/mol. The van der Waals surface area contributed by atoms with Gasteiger partial charge in [0.05, 0.1) is 11.9 Å². The number of benzene rings is 1. The second-order valence-electron chi connectivity index (χ2n) is 3.75. The van der Waals surface area contributed by atoms with E-state index in [-0.39, 0.29) is 23.7 Å². The number of hydrogen-bond donors (Lipinski definition) is 3. The van der Waals surface area contributed by atoms with Gasteiger partial charge in [-0.05, 0) is 18.2 Å². The summed E-state index contributed by atoms with van der Waals surface area (Å²) in [5, 5.41) is 0. The van der Waals surface area contributed by atoms with Crippen molar-refractivity contribution in [1.82, 2.24) is 9.44 Å². The SMILES string of the molecule is CS(=O)(=O)NCCNS(=O)(=O)c1cc(Br)ccc1N. The fourth-order valence-electron chi connectivity index (χ4n) is 1.24. The molecule has 19 heavy (non-hydrogen) atoms. The number of nitrogen functional groups attached to an aromatic ring is 1. The van der Waals surface area contributed by atoms with Gasteiger partial charge in [-0.2, -0.15) is 0 Å². The smallest absolute Gasteiger partial charge is 0.242 e. The van der Waals surface area contributed by atoms with Gasteiger partial charge in [-0.3, -0.25) is 0 Å². The fourth-order valence-corrected chi connectivity index (χ4v) is 3.41. The zero-order valence-electron chi connectivity index (χ0n) is 10.1. The van der Waals surface area contributed by atoms with Crippen LogP contribution in [0.25, 0.3) is 0 Å². The van der Waals surface area contributed by atoms with Crippen LogP contribution in [0.4, 0.5) is 5.69 Å². The topological polar surface area (TPSA) is 118 Å². The lowest BCUT2D eigenvalue weighted by Crippen LogP contribution is -2.34. The Hall–Kier alpha value is -0.680. The monoisotopic (exact) mass is 371 g/mol. The molecule has 0 radical (unpaired) electrons. The van der Waals surface area contributed by atoms with Crippen molar-refractivity contribution in [3.63, 3.8) is 0 Å². The molecule has 0 heterocycles. The predicted molar refractivity (Wildman–Crippen MR) is 76.6 cm³/mol. The molecule has 7 nitrogen and oxygen atoms in total. The number of sulfonamides is 2. The highest BCUT2D eigenvalue weighted by Gasteiger charge is 2.17. The summed E-state index contributed by atoms with van der Waals surface area (Å²) in [4.78, 5) is -0.0544. The number of nitrogens with one attached hydrogen (secondary N) is 2. The molecule has 1 rings (SSSR count). The molecule has 1 aromatic carbocycles. The number of hydrogen-bond acceptors (Lipinski definition) is 5. The molecule has 4 N–H and O–H groups in total. The van der Waals surface area contributed by atoms with E-state index < -0.39 is 20.0 Å². The summed E-state index contributed by atoms with van der Waals surface area (Å²) in [5.41, 5.74) is 5.71. The van der Waals surface area contributed by atoms with Gasteiger partial charge >= 0.3 is 0 Å². The molecule has 0 atom stereocenters. The maximum atomic E-state index is 11.9. The van der Waals surface area contributed by atoms with E-state index in [0.29, 0.717) is 4.47 Å². The molecule has 0 aromatic heterocycles. The lowest BCUT2D eigenvalue weighted by Gasteiger charge is -2.09. The first-order valence-electron chi connectivity index (χ1n) is 5.11. The standard InChI is InChI=1S/C9H14BrN3O4S2/c1-18(14,15)12-4-5-13-19(16,17)9-6-7(10)2-3-8(9)11/h2-3,6,12-13H,4-5,11H2,1H3. The van der Waals surface area contributed by atoms with Crippen LogP contribution in [0, 0.1) is 0 Å². The van der Waals surface area contributed by atoms with Gasteiger partial charge in [-0.25, -0.2) is 26.3 Å². The molecule has 0 unspecified atom stereocenters. The van der Waals surface area contributed by atoms with Crippen molar-refractivity contribution in [2.24, 2.45) is 0 Å². The first-order chi connectivity index (χ1) is 8.62. The first kappa shape index (κ1) is 16.4. The molecule has 0 saturated carbocycles. The zero-order chi connectivity index (χ0) is 14.7.